The van der Waals surface area contributed by atoms with E-state index in [4.69, 9.17) is 13.6 Å². The second-order valence-electron chi connectivity index (χ2n) is 6.48. The average molecular weight is 317 g/mol. The van der Waals surface area contributed by atoms with Crippen LogP contribution in [0.15, 0.2) is 23.7 Å². The predicted molar refractivity (Wildman–Crippen MR) is 87.3 cm³/mol. The fraction of sp³-hybridized carbons (Fsp3) is 0.643. The van der Waals surface area contributed by atoms with Crippen LogP contribution in [-0.4, -0.2) is 29.2 Å². The predicted octanol–water partition coefficient (Wildman–Crippen LogP) is 4.04. The first kappa shape index (κ1) is 19.0. The summed E-state index contributed by atoms with van der Waals surface area (Å²) in [4.78, 5) is 11.6. The van der Waals surface area contributed by atoms with Crippen molar-refractivity contribution in [2.24, 2.45) is 0 Å². The number of carbonyl (C=O) groups excluding carboxylic acids is 1. The summed E-state index contributed by atoms with van der Waals surface area (Å²) in [6.45, 7) is 16.5. The Morgan fingerprint density at radius 1 is 0.950 bits per heavy atom. The molecule has 0 saturated carbocycles. The van der Waals surface area contributed by atoms with Crippen LogP contribution in [0, 0.1) is 0 Å². The van der Waals surface area contributed by atoms with Crippen molar-refractivity contribution in [2.75, 3.05) is 6.61 Å². The zero-order valence-electron chi connectivity index (χ0n) is 14.0. The van der Waals surface area contributed by atoms with Crippen molar-refractivity contribution in [1.29, 1.82) is 0 Å². The molecule has 6 heteroatoms. The molecular formula is C14H28O4Si2. The molecule has 0 amide bonds. The van der Waals surface area contributed by atoms with Gasteiger partial charge in [0.1, 0.15) is 5.76 Å². The van der Waals surface area contributed by atoms with Crippen molar-refractivity contribution in [3.8, 4) is 0 Å². The van der Waals surface area contributed by atoms with E-state index in [0.29, 0.717) is 12.4 Å². The largest absolute Gasteiger partial charge is 0.547 e. The van der Waals surface area contributed by atoms with Crippen LogP contribution < -0.4 is 0 Å². The molecule has 0 rings (SSSR count). The Morgan fingerprint density at radius 3 is 1.85 bits per heavy atom. The Balaban J connectivity index is 5.13. The van der Waals surface area contributed by atoms with E-state index in [0.717, 1.165) is 5.76 Å². The third-order valence-electron chi connectivity index (χ3n) is 1.78. The molecule has 0 aromatic carbocycles. The maximum Gasteiger partial charge on any atom is 0.334 e. The lowest BCUT2D eigenvalue weighted by Gasteiger charge is -2.23. The van der Waals surface area contributed by atoms with Crippen molar-refractivity contribution in [3.05, 3.63) is 23.7 Å². The third kappa shape index (κ3) is 10.9. The van der Waals surface area contributed by atoms with E-state index in [1.54, 1.807) is 13.0 Å². The van der Waals surface area contributed by atoms with E-state index in [-0.39, 0.29) is 0 Å². The van der Waals surface area contributed by atoms with Gasteiger partial charge in [-0.1, -0.05) is 0 Å². The van der Waals surface area contributed by atoms with Crippen LogP contribution in [0.4, 0.5) is 0 Å². The molecule has 0 aliphatic heterocycles. The highest BCUT2D eigenvalue weighted by Crippen LogP contribution is 2.16. The molecule has 4 nitrogen and oxygen atoms in total. The minimum absolute atomic E-state index is 0.351. The van der Waals surface area contributed by atoms with Crippen LogP contribution in [0.3, 0.4) is 0 Å². The minimum atomic E-state index is -1.80. The van der Waals surface area contributed by atoms with E-state index in [9.17, 15) is 4.79 Å². The summed E-state index contributed by atoms with van der Waals surface area (Å²) in [5.74, 6) is 0.883. The van der Waals surface area contributed by atoms with Gasteiger partial charge in [-0.3, -0.25) is 0 Å². The van der Waals surface area contributed by atoms with E-state index in [2.05, 4.69) is 39.3 Å². The molecule has 20 heavy (non-hydrogen) atoms. The standard InChI is InChI=1S/C14H28O4Si2/c1-9-16-14(15)11-13(18-20(6,7)8)10-12(2)17-19(3,4)5/h10-11H,9H2,1-8H3/b12-10-,13-11-. The SMILES string of the molecule is CCOC(=O)/C=C(/C=C(/C)O[Si](C)(C)C)O[Si](C)(C)C. The first-order chi connectivity index (χ1) is 8.93. The molecule has 0 spiro atoms. The Labute approximate surface area is 125 Å². The molecule has 0 radical (unpaired) electrons. The summed E-state index contributed by atoms with van der Waals surface area (Å²) in [5.41, 5.74) is 0. The van der Waals surface area contributed by atoms with Gasteiger partial charge >= 0.3 is 5.97 Å². The van der Waals surface area contributed by atoms with Crippen LogP contribution in [-0.2, 0) is 18.4 Å². The Morgan fingerprint density at radius 2 is 1.45 bits per heavy atom. The lowest BCUT2D eigenvalue weighted by molar-refractivity contribution is -0.137. The maximum atomic E-state index is 11.6. The van der Waals surface area contributed by atoms with Crippen LogP contribution in [0.5, 0.6) is 0 Å². The van der Waals surface area contributed by atoms with E-state index in [1.807, 2.05) is 6.92 Å². The molecular weight excluding hydrogens is 288 g/mol. The van der Waals surface area contributed by atoms with Gasteiger partial charge in [0, 0.05) is 6.08 Å². The third-order valence-corrected chi connectivity index (χ3v) is 3.57. The molecule has 0 aromatic heterocycles. The monoisotopic (exact) mass is 316 g/mol. The second-order valence-corrected chi connectivity index (χ2v) is 15.3. The molecule has 0 heterocycles. The fourth-order valence-corrected chi connectivity index (χ4v) is 3.32. The van der Waals surface area contributed by atoms with E-state index >= 15 is 0 Å². The summed E-state index contributed by atoms with van der Waals surface area (Å²) in [6, 6.07) is 0. The van der Waals surface area contributed by atoms with Crippen molar-refractivity contribution in [2.45, 2.75) is 53.1 Å². The Bertz CT molecular complexity index is 387. The van der Waals surface area contributed by atoms with Gasteiger partial charge in [0.15, 0.2) is 0 Å². The zero-order chi connectivity index (χ0) is 16.0. The van der Waals surface area contributed by atoms with Gasteiger partial charge in [-0.2, -0.15) is 0 Å². The molecule has 0 fully saturated rings. The first-order valence-corrected chi connectivity index (χ1v) is 13.7. The van der Waals surface area contributed by atoms with Gasteiger partial charge in [0.05, 0.1) is 18.4 Å². The van der Waals surface area contributed by atoms with Gasteiger partial charge < -0.3 is 13.6 Å². The molecule has 0 aliphatic carbocycles. The summed E-state index contributed by atoms with van der Waals surface area (Å²) in [5, 5.41) is 0. The lowest BCUT2D eigenvalue weighted by atomic mass is 10.4. The van der Waals surface area contributed by atoms with Crippen molar-refractivity contribution in [3.63, 3.8) is 0 Å². The van der Waals surface area contributed by atoms with Crippen LogP contribution in [0.25, 0.3) is 0 Å². The average Bonchev–Trinajstić information content (AvgIpc) is 2.10. The Kier molecular flexibility index (Phi) is 7.29. The minimum Gasteiger partial charge on any atom is -0.547 e. The zero-order valence-corrected chi connectivity index (χ0v) is 16.0. The molecule has 0 bridgehead atoms. The summed E-state index contributed by atoms with van der Waals surface area (Å²) in [7, 11) is -3.46. The number of esters is 1. The fourth-order valence-electron chi connectivity index (χ4n) is 1.47. The van der Waals surface area contributed by atoms with E-state index in [1.165, 1.54) is 6.08 Å². The maximum absolute atomic E-state index is 11.6. The van der Waals surface area contributed by atoms with Gasteiger partial charge in [-0.25, -0.2) is 4.79 Å². The number of allylic oxidation sites excluding steroid dienone is 2. The molecule has 116 valence electrons. The first-order valence-electron chi connectivity index (χ1n) is 6.88. The molecule has 0 atom stereocenters. The summed E-state index contributed by atoms with van der Waals surface area (Å²) in [6.07, 6.45) is 3.16. The number of hydrogen-bond acceptors (Lipinski definition) is 4. The van der Waals surface area contributed by atoms with Crippen molar-refractivity contribution >= 4 is 22.6 Å². The highest BCUT2D eigenvalue weighted by atomic mass is 28.4. The van der Waals surface area contributed by atoms with Crippen LogP contribution in [0.2, 0.25) is 39.3 Å². The highest BCUT2D eigenvalue weighted by Gasteiger charge is 2.19. The number of hydrogen-bond donors (Lipinski definition) is 0. The quantitative estimate of drug-likeness (QED) is 0.234. The number of ether oxygens (including phenoxy) is 1. The van der Waals surface area contributed by atoms with Crippen LogP contribution in [0.1, 0.15) is 13.8 Å². The van der Waals surface area contributed by atoms with Gasteiger partial charge in [-0.15, -0.1) is 0 Å². The molecule has 0 aliphatic rings. The summed E-state index contributed by atoms with van der Waals surface area (Å²) >= 11 is 0. The number of carbonyl (C=O) groups is 1. The van der Waals surface area contributed by atoms with Gasteiger partial charge in [0.25, 0.3) is 0 Å². The lowest BCUT2D eigenvalue weighted by Crippen LogP contribution is -2.26. The molecule has 0 aromatic rings. The van der Waals surface area contributed by atoms with Gasteiger partial charge in [-0.05, 0) is 53.1 Å². The second kappa shape index (κ2) is 7.68. The molecule has 0 saturated heterocycles. The van der Waals surface area contributed by atoms with Crippen molar-refractivity contribution < 1.29 is 18.4 Å². The Hall–Kier alpha value is -1.02. The summed E-state index contributed by atoms with van der Waals surface area (Å²) < 4.78 is 16.7. The normalized spacial score (nSPS) is 14.0. The van der Waals surface area contributed by atoms with E-state index < -0.39 is 22.6 Å². The highest BCUT2D eigenvalue weighted by molar-refractivity contribution is 6.70. The van der Waals surface area contributed by atoms with Crippen molar-refractivity contribution in [1.82, 2.24) is 0 Å². The topological polar surface area (TPSA) is 44.8 Å². The number of rotatable bonds is 7. The molecule has 0 N–H and O–H groups in total. The smallest absolute Gasteiger partial charge is 0.334 e. The molecule has 0 unspecified atom stereocenters. The van der Waals surface area contributed by atoms with Crippen LogP contribution >= 0.6 is 0 Å². The van der Waals surface area contributed by atoms with Gasteiger partial charge in [0.2, 0.25) is 16.6 Å².